The molecule has 1 amide bonds. The van der Waals surface area contributed by atoms with Gasteiger partial charge in [-0.1, -0.05) is 0 Å². The van der Waals surface area contributed by atoms with Gasteiger partial charge < -0.3 is 14.6 Å². The molecule has 2 aromatic rings. The number of ether oxygens (including phenoxy) is 1. The van der Waals surface area contributed by atoms with Crippen LogP contribution < -0.4 is 5.32 Å². The van der Waals surface area contributed by atoms with Crippen LogP contribution in [0.2, 0.25) is 0 Å². The summed E-state index contributed by atoms with van der Waals surface area (Å²) in [6.45, 7) is -0.0998. The molecular formula is C14H16N2O3S. The first-order valence-electron chi connectivity index (χ1n) is 6.18. The number of hydrogen-bond donors (Lipinski definition) is 1. The van der Waals surface area contributed by atoms with Crippen LogP contribution in [-0.4, -0.2) is 30.1 Å². The van der Waals surface area contributed by atoms with E-state index in [1.807, 2.05) is 45.9 Å². The minimum absolute atomic E-state index is 0.0612. The Kier molecular flexibility index (Phi) is 4.95. The molecule has 0 bridgehead atoms. The Morgan fingerprint density at radius 2 is 2.15 bits per heavy atom. The van der Waals surface area contributed by atoms with Gasteiger partial charge in [-0.2, -0.15) is 11.3 Å². The first-order chi connectivity index (χ1) is 9.70. The largest absolute Gasteiger partial charge is 0.468 e. The van der Waals surface area contributed by atoms with E-state index in [1.165, 1.54) is 7.11 Å². The highest BCUT2D eigenvalue weighted by Gasteiger charge is 2.18. The van der Waals surface area contributed by atoms with Crippen LogP contribution in [0.1, 0.15) is 18.0 Å². The van der Waals surface area contributed by atoms with E-state index in [-0.39, 0.29) is 24.9 Å². The van der Waals surface area contributed by atoms with E-state index < -0.39 is 5.97 Å². The quantitative estimate of drug-likeness (QED) is 0.826. The maximum atomic E-state index is 11.9. The molecule has 5 nitrogen and oxygen atoms in total. The summed E-state index contributed by atoms with van der Waals surface area (Å²) in [7, 11) is 1.29. The third kappa shape index (κ3) is 3.71. The van der Waals surface area contributed by atoms with Crippen LogP contribution in [0.5, 0.6) is 0 Å². The second-order valence-electron chi connectivity index (χ2n) is 4.26. The van der Waals surface area contributed by atoms with E-state index >= 15 is 0 Å². The molecule has 20 heavy (non-hydrogen) atoms. The summed E-state index contributed by atoms with van der Waals surface area (Å²) in [6.07, 6.45) is 4.13. The molecule has 2 rings (SSSR count). The average molecular weight is 292 g/mol. The fourth-order valence-electron chi connectivity index (χ4n) is 1.91. The minimum Gasteiger partial charge on any atom is -0.468 e. The normalized spacial score (nSPS) is 11.8. The summed E-state index contributed by atoms with van der Waals surface area (Å²) in [5, 5.41) is 6.57. The lowest BCUT2D eigenvalue weighted by atomic mass is 10.1. The first kappa shape index (κ1) is 14.3. The van der Waals surface area contributed by atoms with Crippen LogP contribution >= 0.6 is 11.3 Å². The Balaban J connectivity index is 2.02. The van der Waals surface area contributed by atoms with Gasteiger partial charge in [0.05, 0.1) is 19.6 Å². The third-order valence-corrected chi connectivity index (χ3v) is 3.65. The van der Waals surface area contributed by atoms with Crippen molar-refractivity contribution in [2.24, 2.45) is 0 Å². The second-order valence-corrected chi connectivity index (χ2v) is 5.04. The van der Waals surface area contributed by atoms with Crippen molar-refractivity contribution in [2.45, 2.75) is 12.5 Å². The molecule has 0 saturated carbocycles. The summed E-state index contributed by atoms with van der Waals surface area (Å²) >= 11 is 1.59. The van der Waals surface area contributed by atoms with Gasteiger partial charge >= 0.3 is 5.97 Å². The number of hydrogen-bond acceptors (Lipinski definition) is 4. The van der Waals surface area contributed by atoms with Crippen molar-refractivity contribution < 1.29 is 14.3 Å². The lowest BCUT2D eigenvalue weighted by Crippen LogP contribution is -2.31. The van der Waals surface area contributed by atoms with E-state index in [0.717, 1.165) is 5.56 Å². The van der Waals surface area contributed by atoms with Crippen LogP contribution in [0.15, 0.2) is 41.4 Å². The zero-order valence-corrected chi connectivity index (χ0v) is 11.9. The van der Waals surface area contributed by atoms with Crippen molar-refractivity contribution in [3.05, 3.63) is 46.9 Å². The molecule has 0 radical (unpaired) electrons. The Bertz CT molecular complexity index is 515. The smallest absolute Gasteiger partial charge is 0.325 e. The lowest BCUT2D eigenvalue weighted by Gasteiger charge is -2.17. The zero-order chi connectivity index (χ0) is 14.4. The van der Waals surface area contributed by atoms with Gasteiger partial charge in [-0.15, -0.1) is 0 Å². The fourth-order valence-corrected chi connectivity index (χ4v) is 2.61. The molecule has 0 aromatic carbocycles. The molecule has 6 heteroatoms. The number of nitrogens with one attached hydrogen (secondary N) is 1. The molecule has 1 atom stereocenters. The van der Waals surface area contributed by atoms with Gasteiger partial charge in [0, 0.05) is 12.4 Å². The molecule has 0 unspecified atom stereocenters. The molecule has 0 saturated heterocycles. The number of amides is 1. The number of esters is 1. The van der Waals surface area contributed by atoms with Crippen molar-refractivity contribution in [2.75, 3.05) is 13.7 Å². The number of thiophene rings is 1. The van der Waals surface area contributed by atoms with Crippen molar-refractivity contribution >= 4 is 23.2 Å². The summed E-state index contributed by atoms with van der Waals surface area (Å²) < 4.78 is 6.48. The van der Waals surface area contributed by atoms with Gasteiger partial charge in [-0.25, -0.2) is 0 Å². The van der Waals surface area contributed by atoms with Crippen LogP contribution in [0.4, 0.5) is 0 Å². The zero-order valence-electron chi connectivity index (χ0n) is 11.1. The van der Waals surface area contributed by atoms with E-state index in [1.54, 1.807) is 11.3 Å². The van der Waals surface area contributed by atoms with Crippen molar-refractivity contribution in [3.8, 4) is 0 Å². The summed E-state index contributed by atoms with van der Waals surface area (Å²) in [5.41, 5.74) is 1.08. The molecule has 0 aliphatic heterocycles. The highest BCUT2D eigenvalue weighted by molar-refractivity contribution is 7.07. The lowest BCUT2D eigenvalue weighted by molar-refractivity contribution is -0.141. The number of rotatable bonds is 6. The Labute approximate surface area is 121 Å². The maximum Gasteiger partial charge on any atom is 0.325 e. The van der Waals surface area contributed by atoms with Gasteiger partial charge in [0.2, 0.25) is 5.91 Å². The molecular weight excluding hydrogens is 276 g/mol. The topological polar surface area (TPSA) is 60.3 Å². The second kappa shape index (κ2) is 6.91. The van der Waals surface area contributed by atoms with E-state index in [9.17, 15) is 9.59 Å². The molecule has 0 aliphatic carbocycles. The van der Waals surface area contributed by atoms with Gasteiger partial charge in [-0.05, 0) is 34.5 Å². The van der Waals surface area contributed by atoms with Gasteiger partial charge in [-0.3, -0.25) is 9.59 Å². The predicted molar refractivity (Wildman–Crippen MR) is 76.5 cm³/mol. The molecule has 106 valence electrons. The van der Waals surface area contributed by atoms with Gasteiger partial charge in [0.25, 0.3) is 0 Å². The molecule has 0 aliphatic rings. The Morgan fingerprint density at radius 1 is 1.40 bits per heavy atom. The standard InChI is InChI=1S/C14H16N2O3S/c1-19-14(18)9-15-13(17)8-12(11-4-7-20-10-11)16-5-2-3-6-16/h2-7,10,12H,8-9H2,1H3,(H,15,17)/t12-/m1/s1. The molecule has 2 aromatic heterocycles. The Morgan fingerprint density at radius 3 is 2.75 bits per heavy atom. The molecule has 0 fully saturated rings. The van der Waals surface area contributed by atoms with Gasteiger partial charge in [0.1, 0.15) is 6.54 Å². The number of carbonyl (C=O) groups is 2. The van der Waals surface area contributed by atoms with Crippen molar-refractivity contribution in [1.82, 2.24) is 9.88 Å². The number of aromatic nitrogens is 1. The minimum atomic E-state index is -0.452. The number of carbonyl (C=O) groups excluding carboxylic acids is 2. The first-order valence-corrected chi connectivity index (χ1v) is 7.13. The predicted octanol–water partition coefficient (Wildman–Crippen LogP) is 1.82. The monoisotopic (exact) mass is 292 g/mol. The van der Waals surface area contributed by atoms with Crippen LogP contribution in [0.3, 0.4) is 0 Å². The molecule has 2 heterocycles. The fraction of sp³-hybridized carbons (Fsp3) is 0.286. The summed E-state index contributed by atoms with van der Waals surface area (Å²) in [6, 6.07) is 5.79. The van der Waals surface area contributed by atoms with E-state index in [0.29, 0.717) is 0 Å². The van der Waals surface area contributed by atoms with Crippen LogP contribution in [0, 0.1) is 0 Å². The molecule has 0 spiro atoms. The number of methoxy groups -OCH3 is 1. The SMILES string of the molecule is COC(=O)CNC(=O)C[C@H](c1ccsc1)n1cccc1. The number of nitrogens with zero attached hydrogens (tertiary/aromatic N) is 1. The van der Waals surface area contributed by atoms with Crippen LogP contribution in [0.25, 0.3) is 0 Å². The summed E-state index contributed by atoms with van der Waals surface area (Å²) in [4.78, 5) is 23.0. The van der Waals surface area contributed by atoms with Crippen molar-refractivity contribution in [1.29, 1.82) is 0 Å². The summed E-state index contributed by atoms with van der Waals surface area (Å²) in [5.74, 6) is -0.633. The average Bonchev–Trinajstić information content (AvgIpc) is 3.14. The Hall–Kier alpha value is -2.08. The van der Waals surface area contributed by atoms with E-state index in [4.69, 9.17) is 0 Å². The molecule has 1 N–H and O–H groups in total. The third-order valence-electron chi connectivity index (χ3n) is 2.95. The highest BCUT2D eigenvalue weighted by atomic mass is 32.1. The van der Waals surface area contributed by atoms with Gasteiger partial charge in [0.15, 0.2) is 0 Å². The highest BCUT2D eigenvalue weighted by Crippen LogP contribution is 2.24. The van der Waals surface area contributed by atoms with E-state index in [2.05, 4.69) is 10.1 Å². The van der Waals surface area contributed by atoms with Crippen LogP contribution in [-0.2, 0) is 14.3 Å². The van der Waals surface area contributed by atoms with Crippen molar-refractivity contribution in [3.63, 3.8) is 0 Å². The maximum absolute atomic E-state index is 11.9.